The van der Waals surface area contributed by atoms with E-state index in [1.54, 1.807) is 0 Å². The first-order valence-corrected chi connectivity index (χ1v) is 6.60. The predicted octanol–water partition coefficient (Wildman–Crippen LogP) is 4.59. The molecule has 2 heteroatoms. The highest BCUT2D eigenvalue weighted by molar-refractivity contribution is 6.08. The molecule has 3 aromatic carbocycles. The van der Waals surface area contributed by atoms with Crippen LogP contribution >= 0.6 is 0 Å². The highest BCUT2D eigenvalue weighted by Gasteiger charge is 2.02. The van der Waals surface area contributed by atoms with Crippen molar-refractivity contribution in [2.24, 2.45) is 0 Å². The highest BCUT2D eigenvalue weighted by Crippen LogP contribution is 2.26. The summed E-state index contributed by atoms with van der Waals surface area (Å²) in [6.45, 7) is 0. The van der Waals surface area contributed by atoms with Gasteiger partial charge in [0.25, 0.3) is 0 Å². The molecule has 0 saturated heterocycles. The smallest absolute Gasteiger partial charge is 0.0466 e. The van der Waals surface area contributed by atoms with Crippen LogP contribution in [0.4, 0.5) is 5.69 Å². The summed E-state index contributed by atoms with van der Waals surface area (Å²) in [6, 6.07) is 26.2. The van der Waals surface area contributed by atoms with Crippen LogP contribution in [0.5, 0.6) is 0 Å². The number of aromatic nitrogens is 1. The fourth-order valence-electron chi connectivity index (χ4n) is 2.25. The summed E-state index contributed by atoms with van der Waals surface area (Å²) in [5.74, 6) is 0. The summed E-state index contributed by atoms with van der Waals surface area (Å²) in [5.41, 5.74) is 8.87. The van der Waals surface area contributed by atoms with E-state index in [4.69, 9.17) is 5.73 Å². The van der Waals surface area contributed by atoms with Gasteiger partial charge in [-0.1, -0.05) is 54.6 Å². The minimum Gasteiger partial charge on any atom is -0.399 e. The molecule has 0 radical (unpaired) electrons. The quantitative estimate of drug-likeness (QED) is 0.446. The Hall–Kier alpha value is -2.74. The van der Waals surface area contributed by atoms with Crippen molar-refractivity contribution >= 4 is 27.5 Å². The molecule has 1 aromatic heterocycles. The van der Waals surface area contributed by atoms with E-state index >= 15 is 0 Å². The van der Waals surface area contributed by atoms with Gasteiger partial charge in [0.15, 0.2) is 0 Å². The Labute approximate surface area is 117 Å². The fourth-order valence-corrected chi connectivity index (χ4v) is 2.25. The Morgan fingerprint density at radius 3 is 1.90 bits per heavy atom. The number of rotatable bonds is 0. The lowest BCUT2D eigenvalue weighted by molar-refractivity contribution is 1.55. The number of benzene rings is 3. The van der Waals surface area contributed by atoms with Crippen LogP contribution in [0.1, 0.15) is 0 Å². The van der Waals surface area contributed by atoms with Gasteiger partial charge in [-0.05, 0) is 24.3 Å². The third-order valence-corrected chi connectivity index (χ3v) is 3.20. The maximum Gasteiger partial charge on any atom is 0.0466 e. The van der Waals surface area contributed by atoms with Crippen molar-refractivity contribution in [3.8, 4) is 0 Å². The second-order valence-corrected chi connectivity index (χ2v) is 4.63. The van der Waals surface area contributed by atoms with Crippen LogP contribution in [0.15, 0.2) is 78.9 Å². The lowest BCUT2D eigenvalue weighted by Crippen LogP contribution is -1.81. The molecule has 98 valence electrons. The zero-order chi connectivity index (χ0) is 13.8. The molecule has 0 aliphatic rings. The second-order valence-electron chi connectivity index (χ2n) is 4.63. The van der Waals surface area contributed by atoms with Crippen LogP contribution < -0.4 is 5.73 Å². The third-order valence-electron chi connectivity index (χ3n) is 3.20. The van der Waals surface area contributed by atoms with Crippen molar-refractivity contribution in [2.75, 3.05) is 5.73 Å². The normalized spacial score (nSPS) is 10.2. The molecule has 0 bridgehead atoms. The minimum absolute atomic E-state index is 0.808. The summed E-state index contributed by atoms with van der Waals surface area (Å²) in [4.78, 5) is 3.35. The van der Waals surface area contributed by atoms with Gasteiger partial charge in [-0.15, -0.1) is 0 Å². The molecule has 4 rings (SSSR count). The van der Waals surface area contributed by atoms with Crippen LogP contribution in [-0.4, -0.2) is 4.98 Å². The van der Waals surface area contributed by atoms with Crippen LogP contribution in [0, 0.1) is 0 Å². The number of fused-ring (bicyclic) bond motifs is 3. The zero-order valence-corrected chi connectivity index (χ0v) is 11.1. The molecule has 0 aliphatic heterocycles. The van der Waals surface area contributed by atoms with Gasteiger partial charge in [0.05, 0.1) is 0 Å². The maximum absolute atomic E-state index is 5.76. The summed E-state index contributed by atoms with van der Waals surface area (Å²) in [5, 5.41) is 2.43. The van der Waals surface area contributed by atoms with E-state index in [9.17, 15) is 0 Å². The summed E-state index contributed by atoms with van der Waals surface area (Å²) in [6.07, 6.45) is 0. The van der Waals surface area contributed by atoms with Gasteiger partial charge < -0.3 is 10.7 Å². The largest absolute Gasteiger partial charge is 0.399 e. The van der Waals surface area contributed by atoms with Crippen molar-refractivity contribution in [1.29, 1.82) is 0 Å². The number of aromatic amines is 1. The number of nitrogens with two attached hydrogens (primary N) is 1. The number of anilines is 1. The standard InChI is InChI=1S/C12H10N2.C6H6/c13-8-5-6-12-10(7-8)9-3-1-2-4-11(9)14-12;1-2-4-6-5-3-1/h1-7,14H,13H2;1-6H. The maximum atomic E-state index is 5.76. The van der Waals surface area contributed by atoms with Gasteiger partial charge in [0.2, 0.25) is 0 Å². The molecular formula is C18H16N2. The van der Waals surface area contributed by atoms with Crippen LogP contribution in [0.3, 0.4) is 0 Å². The minimum atomic E-state index is 0.808. The van der Waals surface area contributed by atoms with Crippen LogP contribution in [-0.2, 0) is 0 Å². The SMILES string of the molecule is Nc1ccc2[nH]c3ccccc3c2c1.c1ccccc1. The monoisotopic (exact) mass is 260 g/mol. The Morgan fingerprint density at radius 1 is 0.600 bits per heavy atom. The van der Waals surface area contributed by atoms with Crippen LogP contribution in [0.2, 0.25) is 0 Å². The Kier molecular flexibility index (Phi) is 3.38. The van der Waals surface area contributed by atoms with E-state index < -0.39 is 0 Å². The van der Waals surface area contributed by atoms with Crippen LogP contribution in [0.25, 0.3) is 21.8 Å². The van der Waals surface area contributed by atoms with Crippen molar-refractivity contribution in [1.82, 2.24) is 4.98 Å². The van der Waals surface area contributed by atoms with Gasteiger partial charge in [0, 0.05) is 27.5 Å². The number of nitrogens with one attached hydrogen (secondary N) is 1. The van der Waals surface area contributed by atoms with Gasteiger partial charge in [0.1, 0.15) is 0 Å². The molecule has 3 N–H and O–H groups in total. The molecule has 0 fully saturated rings. The lowest BCUT2D eigenvalue weighted by atomic mass is 10.1. The molecular weight excluding hydrogens is 244 g/mol. The number of hydrogen-bond acceptors (Lipinski definition) is 1. The molecule has 0 saturated carbocycles. The van der Waals surface area contributed by atoms with Gasteiger partial charge in [-0.3, -0.25) is 0 Å². The Balaban J connectivity index is 0.000000170. The molecule has 0 amide bonds. The van der Waals surface area contributed by atoms with Crippen molar-refractivity contribution in [3.05, 3.63) is 78.9 Å². The van der Waals surface area contributed by atoms with Gasteiger partial charge >= 0.3 is 0 Å². The molecule has 2 nitrogen and oxygen atoms in total. The lowest BCUT2D eigenvalue weighted by Gasteiger charge is -1.92. The van der Waals surface area contributed by atoms with E-state index in [0.717, 1.165) is 16.7 Å². The third kappa shape index (κ3) is 2.50. The number of para-hydroxylation sites is 1. The van der Waals surface area contributed by atoms with Crippen molar-refractivity contribution in [2.45, 2.75) is 0 Å². The molecule has 20 heavy (non-hydrogen) atoms. The molecule has 0 aliphatic carbocycles. The molecule has 0 unspecified atom stereocenters. The van der Waals surface area contributed by atoms with E-state index in [1.807, 2.05) is 66.7 Å². The fraction of sp³-hybridized carbons (Fsp3) is 0. The molecule has 1 heterocycles. The van der Waals surface area contributed by atoms with E-state index in [1.165, 1.54) is 10.8 Å². The number of hydrogen-bond donors (Lipinski definition) is 2. The summed E-state index contributed by atoms with van der Waals surface area (Å²) < 4.78 is 0. The average Bonchev–Trinajstić information content (AvgIpc) is 2.88. The summed E-state index contributed by atoms with van der Waals surface area (Å²) in [7, 11) is 0. The summed E-state index contributed by atoms with van der Waals surface area (Å²) >= 11 is 0. The van der Waals surface area contributed by atoms with E-state index in [2.05, 4.69) is 17.1 Å². The van der Waals surface area contributed by atoms with Gasteiger partial charge in [-0.25, -0.2) is 0 Å². The molecule has 0 spiro atoms. The average molecular weight is 260 g/mol. The predicted molar refractivity (Wildman–Crippen MR) is 86.7 cm³/mol. The topological polar surface area (TPSA) is 41.8 Å². The van der Waals surface area contributed by atoms with Crippen molar-refractivity contribution < 1.29 is 0 Å². The van der Waals surface area contributed by atoms with Crippen molar-refractivity contribution in [3.63, 3.8) is 0 Å². The highest BCUT2D eigenvalue weighted by atomic mass is 14.7. The zero-order valence-electron chi connectivity index (χ0n) is 11.1. The Bertz CT molecular complexity index is 790. The first-order valence-electron chi connectivity index (χ1n) is 6.60. The number of nitrogen functional groups attached to an aromatic ring is 1. The van der Waals surface area contributed by atoms with E-state index in [0.29, 0.717) is 0 Å². The first kappa shape index (κ1) is 12.3. The molecule has 4 aromatic rings. The molecule has 0 atom stereocenters. The number of H-pyrrole nitrogens is 1. The van der Waals surface area contributed by atoms with E-state index in [-0.39, 0.29) is 0 Å². The van der Waals surface area contributed by atoms with Gasteiger partial charge in [-0.2, -0.15) is 0 Å². The Morgan fingerprint density at radius 2 is 1.20 bits per heavy atom. The second kappa shape index (κ2) is 5.49. The first-order chi connectivity index (χ1) is 9.84.